The Morgan fingerprint density at radius 1 is 1.27 bits per heavy atom. The molecule has 2 N–H and O–H groups in total. The minimum Gasteiger partial charge on any atom is -0.366 e. The largest absolute Gasteiger partial charge is 0.366 e. The summed E-state index contributed by atoms with van der Waals surface area (Å²) in [6.07, 6.45) is 3.81. The fourth-order valence-corrected chi connectivity index (χ4v) is 4.15. The van der Waals surface area contributed by atoms with Gasteiger partial charge in [0.2, 0.25) is 5.91 Å². The number of benzene rings is 1. The minimum absolute atomic E-state index is 0. The van der Waals surface area contributed by atoms with Crippen LogP contribution in [-0.4, -0.2) is 33.8 Å². The maximum absolute atomic E-state index is 12.5. The van der Waals surface area contributed by atoms with Gasteiger partial charge in [-0.2, -0.15) is 23.9 Å². The zero-order chi connectivity index (χ0) is 22.8. The van der Waals surface area contributed by atoms with Crippen LogP contribution in [0.15, 0.2) is 42.7 Å². The number of aromatic nitrogens is 3. The molecule has 0 spiro atoms. The SMILES string of the molecule is Cc1nc(NCc2cnn(Cc3cccc(C#N)c3)c2)cc2c1NC(=O)[C@H](C(C)C)N2C.S. The van der Waals surface area contributed by atoms with Gasteiger partial charge in [0.05, 0.1) is 41.4 Å². The van der Waals surface area contributed by atoms with Crippen molar-refractivity contribution < 1.29 is 4.79 Å². The highest BCUT2D eigenvalue weighted by Gasteiger charge is 2.34. The monoisotopic (exact) mass is 463 g/mol. The number of pyridine rings is 1. The van der Waals surface area contributed by atoms with Gasteiger partial charge in [-0.1, -0.05) is 26.0 Å². The maximum Gasteiger partial charge on any atom is 0.247 e. The Kier molecular flexibility index (Phi) is 7.29. The molecule has 0 bridgehead atoms. The lowest BCUT2D eigenvalue weighted by Crippen LogP contribution is -2.49. The van der Waals surface area contributed by atoms with Crippen LogP contribution < -0.4 is 15.5 Å². The van der Waals surface area contributed by atoms with E-state index in [1.807, 2.05) is 74.1 Å². The zero-order valence-corrected chi connectivity index (χ0v) is 20.3. The van der Waals surface area contributed by atoms with Gasteiger partial charge >= 0.3 is 0 Å². The second kappa shape index (κ2) is 9.96. The molecule has 0 saturated heterocycles. The standard InChI is InChI=1S/C24H27N7O.H2S/c1-15(2)23-24(32)29-22-16(3)28-21(9-20(22)30(23)4)26-11-19-12-27-31(14-19)13-18-7-5-6-17(8-18)10-25;/h5-9,12,14-15,23H,11,13H2,1-4H3,(H,26,28)(H,29,32);1H2/t23-;/m0./s1. The first-order valence-corrected chi connectivity index (χ1v) is 10.7. The van der Waals surface area contributed by atoms with E-state index in [4.69, 9.17) is 5.26 Å². The predicted octanol–water partition coefficient (Wildman–Crippen LogP) is 3.64. The van der Waals surface area contributed by atoms with E-state index < -0.39 is 0 Å². The molecule has 2 aromatic heterocycles. The summed E-state index contributed by atoms with van der Waals surface area (Å²) in [5, 5.41) is 19.9. The molecule has 1 aliphatic heterocycles. The molecule has 172 valence electrons. The predicted molar refractivity (Wildman–Crippen MR) is 135 cm³/mol. The molecule has 1 aliphatic rings. The number of rotatable bonds is 6. The Hall–Kier alpha value is -3.51. The molecule has 1 atom stereocenters. The zero-order valence-electron chi connectivity index (χ0n) is 19.3. The summed E-state index contributed by atoms with van der Waals surface area (Å²) in [7, 11) is 1.96. The molecule has 0 aliphatic carbocycles. The van der Waals surface area contributed by atoms with E-state index in [1.54, 1.807) is 6.07 Å². The number of nitrogens with zero attached hydrogens (tertiary/aromatic N) is 5. The fourth-order valence-electron chi connectivity index (χ4n) is 4.15. The average molecular weight is 464 g/mol. The van der Waals surface area contributed by atoms with Gasteiger partial charge in [-0.3, -0.25) is 9.48 Å². The van der Waals surface area contributed by atoms with Crippen LogP contribution in [0.3, 0.4) is 0 Å². The molecular formula is C24H29N7OS. The normalized spacial score (nSPS) is 14.8. The van der Waals surface area contributed by atoms with Crippen LogP contribution in [0.5, 0.6) is 0 Å². The van der Waals surface area contributed by atoms with Crippen molar-refractivity contribution in [3.05, 3.63) is 65.1 Å². The maximum atomic E-state index is 12.5. The number of carbonyl (C=O) groups excluding carboxylic acids is 1. The summed E-state index contributed by atoms with van der Waals surface area (Å²) in [6.45, 7) is 7.18. The third kappa shape index (κ3) is 5.12. The highest BCUT2D eigenvalue weighted by molar-refractivity contribution is 7.59. The number of aryl methyl sites for hydroxylation is 1. The Balaban J connectivity index is 0.00000306. The highest BCUT2D eigenvalue weighted by Crippen LogP contribution is 2.36. The van der Waals surface area contributed by atoms with Gasteiger partial charge in [-0.25, -0.2) is 4.98 Å². The molecule has 4 rings (SSSR count). The van der Waals surface area contributed by atoms with E-state index in [0.29, 0.717) is 18.7 Å². The summed E-state index contributed by atoms with van der Waals surface area (Å²) in [6, 6.07) is 11.5. The van der Waals surface area contributed by atoms with Gasteiger partial charge in [0.1, 0.15) is 11.9 Å². The number of carbonyl (C=O) groups is 1. The van der Waals surface area contributed by atoms with Crippen LogP contribution in [0.2, 0.25) is 0 Å². The highest BCUT2D eigenvalue weighted by atomic mass is 32.1. The molecule has 1 amide bonds. The Morgan fingerprint density at radius 3 is 2.79 bits per heavy atom. The number of nitrogens with one attached hydrogen (secondary N) is 2. The number of fused-ring (bicyclic) bond motifs is 1. The fraction of sp³-hybridized carbons (Fsp3) is 0.333. The van der Waals surface area contributed by atoms with Crippen molar-refractivity contribution in [2.75, 3.05) is 22.6 Å². The average Bonchev–Trinajstić information content (AvgIpc) is 3.20. The van der Waals surface area contributed by atoms with Gasteiger partial charge < -0.3 is 15.5 Å². The molecule has 0 saturated carbocycles. The number of hydrogen-bond acceptors (Lipinski definition) is 6. The van der Waals surface area contributed by atoms with Gasteiger partial charge in [0.15, 0.2) is 0 Å². The van der Waals surface area contributed by atoms with Crippen molar-refractivity contribution in [2.45, 2.75) is 39.9 Å². The third-order valence-electron chi connectivity index (χ3n) is 5.69. The number of nitriles is 1. The molecule has 0 radical (unpaired) electrons. The number of anilines is 3. The Morgan fingerprint density at radius 2 is 2.06 bits per heavy atom. The first kappa shape index (κ1) is 24.1. The van der Waals surface area contributed by atoms with Crippen molar-refractivity contribution >= 4 is 36.6 Å². The first-order valence-electron chi connectivity index (χ1n) is 10.7. The molecular weight excluding hydrogens is 434 g/mol. The summed E-state index contributed by atoms with van der Waals surface area (Å²) in [5.41, 5.74) is 5.22. The number of likely N-dealkylation sites (N-methyl/N-ethyl adjacent to an activating group) is 1. The van der Waals surface area contributed by atoms with Crippen molar-refractivity contribution in [1.82, 2.24) is 14.8 Å². The number of amides is 1. The number of hydrogen-bond donors (Lipinski definition) is 2. The molecule has 8 nitrogen and oxygen atoms in total. The minimum atomic E-state index is -0.213. The van der Waals surface area contributed by atoms with E-state index >= 15 is 0 Å². The first-order chi connectivity index (χ1) is 15.4. The van der Waals surface area contributed by atoms with Crippen LogP contribution >= 0.6 is 13.5 Å². The van der Waals surface area contributed by atoms with Gasteiger partial charge in [-0.05, 0) is 30.5 Å². The van der Waals surface area contributed by atoms with Gasteiger partial charge in [0.25, 0.3) is 0 Å². The lowest BCUT2D eigenvalue weighted by Gasteiger charge is -2.38. The second-order valence-corrected chi connectivity index (χ2v) is 8.49. The summed E-state index contributed by atoms with van der Waals surface area (Å²) in [5.74, 6) is 0.951. The molecule has 1 aromatic carbocycles. The van der Waals surface area contributed by atoms with Crippen molar-refractivity contribution in [1.29, 1.82) is 5.26 Å². The molecule has 3 aromatic rings. The summed E-state index contributed by atoms with van der Waals surface area (Å²) < 4.78 is 1.86. The molecule has 0 fully saturated rings. The molecule has 33 heavy (non-hydrogen) atoms. The van der Waals surface area contributed by atoms with Gasteiger partial charge in [-0.15, -0.1) is 0 Å². The molecule has 0 unspecified atom stereocenters. The van der Waals surface area contributed by atoms with Crippen molar-refractivity contribution in [3.63, 3.8) is 0 Å². The van der Waals surface area contributed by atoms with Crippen LogP contribution in [0, 0.1) is 24.2 Å². The van der Waals surface area contributed by atoms with Crippen molar-refractivity contribution in [2.24, 2.45) is 5.92 Å². The second-order valence-electron chi connectivity index (χ2n) is 8.49. The summed E-state index contributed by atoms with van der Waals surface area (Å²) in [4.78, 5) is 19.2. The quantitative estimate of drug-likeness (QED) is 0.579. The van der Waals surface area contributed by atoms with Crippen LogP contribution in [0.25, 0.3) is 0 Å². The smallest absolute Gasteiger partial charge is 0.247 e. The van der Waals surface area contributed by atoms with E-state index in [9.17, 15) is 4.79 Å². The summed E-state index contributed by atoms with van der Waals surface area (Å²) >= 11 is 0. The molecule has 3 heterocycles. The van der Waals surface area contributed by atoms with Crippen LogP contribution in [0.1, 0.15) is 36.2 Å². The third-order valence-corrected chi connectivity index (χ3v) is 5.69. The van der Waals surface area contributed by atoms with Gasteiger partial charge in [0, 0.05) is 31.4 Å². The lowest BCUT2D eigenvalue weighted by molar-refractivity contribution is -0.118. The van der Waals surface area contributed by atoms with E-state index in [1.165, 1.54) is 0 Å². The molecule has 9 heteroatoms. The Bertz CT molecular complexity index is 1200. The Labute approximate surface area is 201 Å². The lowest BCUT2D eigenvalue weighted by atomic mass is 9.98. The van der Waals surface area contributed by atoms with Crippen molar-refractivity contribution in [3.8, 4) is 6.07 Å². The topological polar surface area (TPSA) is 98.9 Å². The van der Waals surface area contributed by atoms with E-state index in [2.05, 4.69) is 26.8 Å². The van der Waals surface area contributed by atoms with Crippen LogP contribution in [-0.2, 0) is 17.9 Å². The van der Waals surface area contributed by atoms with Crippen LogP contribution in [0.4, 0.5) is 17.2 Å². The van der Waals surface area contributed by atoms with E-state index in [0.717, 1.165) is 34.0 Å². The van der Waals surface area contributed by atoms with E-state index in [-0.39, 0.29) is 31.4 Å².